The lowest BCUT2D eigenvalue weighted by Gasteiger charge is -2.28. The Hall–Kier alpha value is -2.16. The highest BCUT2D eigenvalue weighted by Gasteiger charge is 2.34. The molecule has 0 spiro atoms. The van der Waals surface area contributed by atoms with Gasteiger partial charge in [0.05, 0.1) is 12.1 Å². The average Bonchev–Trinajstić information content (AvgIpc) is 3.04. The van der Waals surface area contributed by atoms with Crippen LogP contribution in [-0.2, 0) is 14.4 Å². The second kappa shape index (κ2) is 9.97. The summed E-state index contributed by atoms with van der Waals surface area (Å²) in [4.78, 5) is 37.5. The largest absolute Gasteiger partial charge is 0.370 e. The minimum absolute atomic E-state index is 0.0574. The van der Waals surface area contributed by atoms with Crippen LogP contribution in [0.25, 0.3) is 0 Å². The summed E-state index contributed by atoms with van der Waals surface area (Å²) in [5.74, 6) is -0.890. The van der Waals surface area contributed by atoms with Gasteiger partial charge in [0.25, 0.3) is 0 Å². The number of guanidine groups is 1. The van der Waals surface area contributed by atoms with Gasteiger partial charge in [-0.15, -0.1) is 0 Å². The van der Waals surface area contributed by atoms with E-state index in [1.54, 1.807) is 0 Å². The zero-order chi connectivity index (χ0) is 19.0. The van der Waals surface area contributed by atoms with Gasteiger partial charge in [-0.2, -0.15) is 0 Å². The van der Waals surface area contributed by atoms with Gasteiger partial charge in [0, 0.05) is 13.1 Å². The van der Waals surface area contributed by atoms with Crippen molar-refractivity contribution in [1.82, 2.24) is 15.5 Å². The minimum atomic E-state index is -0.764. The molecule has 1 aliphatic heterocycles. The van der Waals surface area contributed by atoms with Crippen LogP contribution < -0.4 is 22.1 Å². The van der Waals surface area contributed by atoms with Crippen molar-refractivity contribution in [2.75, 3.05) is 13.1 Å². The van der Waals surface area contributed by atoms with E-state index in [0.717, 1.165) is 6.42 Å². The topological polar surface area (TPSA) is 154 Å². The third-order valence-electron chi connectivity index (χ3n) is 4.29. The van der Waals surface area contributed by atoms with Crippen LogP contribution in [0.4, 0.5) is 0 Å². The second-order valence-electron chi connectivity index (χ2n) is 6.62. The molecular formula is C16H29N6O3. The van der Waals surface area contributed by atoms with E-state index in [1.165, 1.54) is 4.90 Å². The molecule has 0 aromatic rings. The fourth-order valence-electron chi connectivity index (χ4n) is 2.71. The molecule has 25 heavy (non-hydrogen) atoms. The van der Waals surface area contributed by atoms with Gasteiger partial charge < -0.3 is 27.0 Å². The molecule has 7 N–H and O–H groups in total. The first-order chi connectivity index (χ1) is 11.8. The van der Waals surface area contributed by atoms with Crippen molar-refractivity contribution >= 4 is 24.1 Å². The lowest BCUT2D eigenvalue weighted by Crippen LogP contribution is -2.54. The molecule has 1 aliphatic rings. The predicted molar refractivity (Wildman–Crippen MR) is 94.3 cm³/mol. The molecule has 9 nitrogen and oxygen atoms in total. The van der Waals surface area contributed by atoms with Crippen LogP contribution in [-0.4, -0.2) is 60.2 Å². The minimum Gasteiger partial charge on any atom is -0.370 e. The van der Waals surface area contributed by atoms with Crippen molar-refractivity contribution in [1.29, 1.82) is 5.41 Å². The normalized spacial score (nSPS) is 19.4. The van der Waals surface area contributed by atoms with Gasteiger partial charge in [-0.25, -0.2) is 0 Å². The maximum atomic E-state index is 12.8. The highest BCUT2D eigenvalue weighted by molar-refractivity contribution is 5.91. The van der Waals surface area contributed by atoms with E-state index in [9.17, 15) is 14.4 Å². The number of amides is 2. The molecule has 0 aromatic heterocycles. The van der Waals surface area contributed by atoms with Gasteiger partial charge >= 0.3 is 0 Å². The fraction of sp³-hybridized carbons (Fsp3) is 0.750. The molecule has 0 unspecified atom stereocenters. The first kappa shape index (κ1) is 20.9. The second-order valence-corrected chi connectivity index (χ2v) is 6.62. The summed E-state index contributed by atoms with van der Waals surface area (Å²) in [5, 5.41) is 12.5. The maximum Gasteiger partial charge on any atom is 0.245 e. The van der Waals surface area contributed by atoms with E-state index in [0.29, 0.717) is 32.4 Å². The molecule has 0 aliphatic carbocycles. The van der Waals surface area contributed by atoms with E-state index < -0.39 is 24.0 Å². The van der Waals surface area contributed by atoms with E-state index in [4.69, 9.17) is 16.9 Å². The molecule has 0 bridgehead atoms. The van der Waals surface area contributed by atoms with Crippen molar-refractivity contribution in [3.63, 3.8) is 0 Å². The van der Waals surface area contributed by atoms with Gasteiger partial charge in [-0.1, -0.05) is 13.8 Å². The monoisotopic (exact) mass is 353 g/mol. The van der Waals surface area contributed by atoms with Crippen LogP contribution >= 0.6 is 0 Å². The third kappa shape index (κ3) is 6.33. The quantitative estimate of drug-likeness (QED) is 0.200. The Kier molecular flexibility index (Phi) is 8.33. The first-order valence-electron chi connectivity index (χ1n) is 8.60. The van der Waals surface area contributed by atoms with Crippen molar-refractivity contribution < 1.29 is 14.4 Å². The summed E-state index contributed by atoms with van der Waals surface area (Å²) in [6.45, 7) is 4.55. The highest BCUT2D eigenvalue weighted by atomic mass is 16.2. The molecule has 0 aromatic carbocycles. The molecule has 3 atom stereocenters. The Morgan fingerprint density at radius 3 is 2.64 bits per heavy atom. The molecule has 141 valence electrons. The van der Waals surface area contributed by atoms with Crippen molar-refractivity contribution in [2.24, 2.45) is 17.4 Å². The Balaban J connectivity index is 2.75. The molecular weight excluding hydrogens is 324 g/mol. The third-order valence-corrected chi connectivity index (χ3v) is 4.29. The van der Waals surface area contributed by atoms with Crippen molar-refractivity contribution in [3.8, 4) is 0 Å². The van der Waals surface area contributed by atoms with Crippen LogP contribution in [0.3, 0.4) is 0 Å². The molecule has 1 fully saturated rings. The molecule has 1 rings (SSSR count). The Morgan fingerprint density at radius 1 is 1.40 bits per heavy atom. The Labute approximate surface area is 148 Å². The van der Waals surface area contributed by atoms with E-state index >= 15 is 0 Å². The van der Waals surface area contributed by atoms with Crippen LogP contribution in [0.1, 0.15) is 39.5 Å². The molecule has 9 heteroatoms. The highest BCUT2D eigenvalue weighted by Crippen LogP contribution is 2.18. The number of nitrogens with zero attached hydrogens (tertiary/aromatic N) is 1. The predicted octanol–water partition coefficient (Wildman–Crippen LogP) is -1.18. The van der Waals surface area contributed by atoms with E-state index in [1.807, 2.05) is 20.1 Å². The molecule has 1 heterocycles. The number of carbonyl (C=O) groups is 2. The summed E-state index contributed by atoms with van der Waals surface area (Å²) >= 11 is 0. The summed E-state index contributed by atoms with van der Waals surface area (Å²) in [7, 11) is 0. The van der Waals surface area contributed by atoms with Gasteiger partial charge in [-0.05, 0) is 31.6 Å². The van der Waals surface area contributed by atoms with Crippen LogP contribution in [0, 0.1) is 11.3 Å². The van der Waals surface area contributed by atoms with Crippen LogP contribution in [0.2, 0.25) is 0 Å². The number of nitrogens with one attached hydrogen (secondary N) is 3. The zero-order valence-electron chi connectivity index (χ0n) is 14.9. The smallest absolute Gasteiger partial charge is 0.245 e. The lowest BCUT2D eigenvalue weighted by molar-refractivity contribution is -0.137. The average molecular weight is 353 g/mol. The standard InChI is InChI=1S/C16H29N6O3/c1-10(2)13(17)14(24)21-12(6-3-7-20-16(18)19)15(25)22-8-4-5-11(22)9-23/h10-13H,3-8,17H2,1-2H3,(H,21,24)(H4,18,19,20)/t11-,12-,13-/m0/s1. The summed E-state index contributed by atoms with van der Waals surface area (Å²) in [6, 6.07) is -2.03. The van der Waals surface area contributed by atoms with Crippen molar-refractivity contribution in [2.45, 2.75) is 57.7 Å². The number of carbonyl (C=O) groups excluding carboxylic acids is 3. The van der Waals surface area contributed by atoms with Crippen LogP contribution in [0.15, 0.2) is 0 Å². The number of rotatable bonds is 9. The molecule has 2 amide bonds. The number of nitrogens with two attached hydrogens (primary N) is 2. The Morgan fingerprint density at radius 2 is 2.08 bits per heavy atom. The van der Waals surface area contributed by atoms with Gasteiger partial charge in [0.2, 0.25) is 18.1 Å². The molecule has 1 saturated heterocycles. The van der Waals surface area contributed by atoms with Crippen LogP contribution in [0.5, 0.6) is 0 Å². The Bertz CT molecular complexity index is 496. The summed E-state index contributed by atoms with van der Waals surface area (Å²) < 4.78 is 0. The molecule has 0 saturated carbocycles. The summed E-state index contributed by atoms with van der Waals surface area (Å²) in [5.41, 5.74) is 11.1. The van der Waals surface area contributed by atoms with E-state index in [-0.39, 0.29) is 17.8 Å². The first-order valence-corrected chi connectivity index (χ1v) is 8.60. The molecule has 1 radical (unpaired) electrons. The number of hydrogen-bond acceptors (Lipinski definition) is 5. The van der Waals surface area contributed by atoms with E-state index in [2.05, 4.69) is 10.6 Å². The number of likely N-dealkylation sites (tertiary alicyclic amines) is 1. The lowest BCUT2D eigenvalue weighted by atomic mass is 10.0. The maximum absolute atomic E-state index is 12.8. The SMILES string of the molecule is CC(C)[C@H](N)C(=O)N[C@@H](CCCNC(=N)N)C(=O)N1CCC[C@H]1[C]=O. The van der Waals surface area contributed by atoms with Crippen molar-refractivity contribution in [3.05, 3.63) is 0 Å². The van der Waals surface area contributed by atoms with Gasteiger partial charge in [0.1, 0.15) is 6.04 Å². The zero-order valence-corrected chi connectivity index (χ0v) is 14.9. The van der Waals surface area contributed by atoms with Gasteiger partial charge in [-0.3, -0.25) is 19.8 Å². The van der Waals surface area contributed by atoms with Gasteiger partial charge in [0.15, 0.2) is 5.96 Å². The summed E-state index contributed by atoms with van der Waals surface area (Å²) in [6.07, 6.45) is 4.10. The number of hydrogen-bond donors (Lipinski definition) is 5. The fourth-order valence-corrected chi connectivity index (χ4v) is 2.71.